The maximum Gasteiger partial charge on any atom is 0.298 e. The molecule has 0 bridgehead atoms. The second kappa shape index (κ2) is 3.01. The molecule has 56 valence electrons. The Morgan fingerprint density at radius 3 is 2.70 bits per heavy atom. The summed E-state index contributed by atoms with van der Waals surface area (Å²) in [6.45, 7) is 0. The van der Waals surface area contributed by atoms with Gasteiger partial charge in [0.2, 0.25) is 5.76 Å². The van der Waals surface area contributed by atoms with Gasteiger partial charge in [0.25, 0.3) is 6.43 Å². The average Bonchev–Trinajstić information content (AvgIpc) is 2.34. The standard InChI is InChI=1S/C5H5F2NOS/c6-5(7)4-1-3(2-10)8-9-4/h1,5,10H,2H2. The molecule has 2 nitrogen and oxygen atoms in total. The van der Waals surface area contributed by atoms with Crippen LogP contribution in [0, 0.1) is 0 Å². The van der Waals surface area contributed by atoms with Gasteiger partial charge in [-0.25, -0.2) is 8.78 Å². The van der Waals surface area contributed by atoms with Gasteiger partial charge >= 0.3 is 0 Å². The van der Waals surface area contributed by atoms with E-state index in [9.17, 15) is 8.78 Å². The van der Waals surface area contributed by atoms with Crippen molar-refractivity contribution in [3.63, 3.8) is 0 Å². The quantitative estimate of drug-likeness (QED) is 0.678. The molecular formula is C5H5F2NOS. The molecule has 0 spiro atoms. The van der Waals surface area contributed by atoms with Crippen molar-refractivity contribution >= 4 is 12.6 Å². The van der Waals surface area contributed by atoms with E-state index < -0.39 is 12.2 Å². The van der Waals surface area contributed by atoms with Gasteiger partial charge in [-0.3, -0.25) is 0 Å². The summed E-state index contributed by atoms with van der Waals surface area (Å²) in [4.78, 5) is 0. The van der Waals surface area contributed by atoms with Crippen LogP contribution in [0.3, 0.4) is 0 Å². The van der Waals surface area contributed by atoms with Crippen LogP contribution in [0.5, 0.6) is 0 Å². The molecule has 0 aliphatic heterocycles. The van der Waals surface area contributed by atoms with E-state index >= 15 is 0 Å². The zero-order valence-corrected chi connectivity index (χ0v) is 5.81. The van der Waals surface area contributed by atoms with Crippen LogP contribution >= 0.6 is 12.6 Å². The van der Waals surface area contributed by atoms with Gasteiger partial charge in [0, 0.05) is 11.8 Å². The van der Waals surface area contributed by atoms with E-state index in [4.69, 9.17) is 0 Å². The molecule has 0 N–H and O–H groups in total. The summed E-state index contributed by atoms with van der Waals surface area (Å²) in [5, 5.41) is 3.32. The lowest BCUT2D eigenvalue weighted by Gasteiger charge is -1.85. The molecule has 0 amide bonds. The molecular weight excluding hydrogens is 160 g/mol. The fraction of sp³-hybridized carbons (Fsp3) is 0.400. The largest absolute Gasteiger partial charge is 0.355 e. The summed E-state index contributed by atoms with van der Waals surface area (Å²) >= 11 is 3.82. The first-order valence-corrected chi connectivity index (χ1v) is 3.22. The second-order valence-electron chi connectivity index (χ2n) is 1.68. The first-order chi connectivity index (χ1) is 4.74. The highest BCUT2D eigenvalue weighted by molar-refractivity contribution is 7.79. The predicted octanol–water partition coefficient (Wildman–Crippen LogP) is 2.04. The van der Waals surface area contributed by atoms with Gasteiger partial charge < -0.3 is 4.52 Å². The smallest absolute Gasteiger partial charge is 0.298 e. The summed E-state index contributed by atoms with van der Waals surface area (Å²) in [6, 6.07) is 1.19. The molecule has 0 aromatic carbocycles. The average molecular weight is 165 g/mol. The van der Waals surface area contributed by atoms with Crippen molar-refractivity contribution in [2.24, 2.45) is 0 Å². The lowest BCUT2D eigenvalue weighted by Crippen LogP contribution is -1.76. The minimum Gasteiger partial charge on any atom is -0.355 e. The number of thiol groups is 1. The van der Waals surface area contributed by atoms with E-state index in [2.05, 4.69) is 22.3 Å². The third kappa shape index (κ3) is 1.47. The molecule has 0 unspecified atom stereocenters. The molecule has 1 aromatic rings. The highest BCUT2D eigenvalue weighted by Gasteiger charge is 2.12. The number of rotatable bonds is 2. The van der Waals surface area contributed by atoms with E-state index in [1.54, 1.807) is 0 Å². The number of halogens is 2. The Labute approximate surface area is 61.6 Å². The van der Waals surface area contributed by atoms with Crippen LogP contribution in [0.4, 0.5) is 8.78 Å². The molecule has 5 heteroatoms. The molecule has 1 heterocycles. The van der Waals surface area contributed by atoms with E-state index in [-0.39, 0.29) is 0 Å². The summed E-state index contributed by atoms with van der Waals surface area (Å²) < 4.78 is 27.8. The summed E-state index contributed by atoms with van der Waals surface area (Å²) in [5.41, 5.74) is 0.429. The van der Waals surface area contributed by atoms with Gasteiger partial charge in [0.15, 0.2) is 0 Å². The molecule has 0 fully saturated rings. The molecule has 0 aliphatic carbocycles. The maximum absolute atomic E-state index is 11.8. The van der Waals surface area contributed by atoms with Crippen LogP contribution in [-0.2, 0) is 5.75 Å². The SMILES string of the molecule is FC(F)c1cc(CS)no1. The maximum atomic E-state index is 11.8. The Bertz CT molecular complexity index is 213. The second-order valence-corrected chi connectivity index (χ2v) is 2.00. The van der Waals surface area contributed by atoms with Crippen LogP contribution in [0.25, 0.3) is 0 Å². The fourth-order valence-corrected chi connectivity index (χ4v) is 0.655. The molecule has 0 saturated carbocycles. The van der Waals surface area contributed by atoms with E-state index in [1.807, 2.05) is 0 Å². The first-order valence-electron chi connectivity index (χ1n) is 2.58. The van der Waals surface area contributed by atoms with Crippen LogP contribution in [0.15, 0.2) is 10.6 Å². The van der Waals surface area contributed by atoms with Gasteiger partial charge in [0.05, 0.1) is 5.69 Å². The van der Waals surface area contributed by atoms with Crippen molar-refractivity contribution in [1.82, 2.24) is 5.16 Å². The van der Waals surface area contributed by atoms with Crippen LogP contribution in [-0.4, -0.2) is 5.16 Å². The molecule has 1 aromatic heterocycles. The highest BCUT2D eigenvalue weighted by atomic mass is 32.1. The van der Waals surface area contributed by atoms with Crippen molar-refractivity contribution in [2.45, 2.75) is 12.2 Å². The predicted molar refractivity (Wildman–Crippen MR) is 34.1 cm³/mol. The molecule has 10 heavy (non-hydrogen) atoms. The molecule has 1 rings (SSSR count). The number of hydrogen-bond donors (Lipinski definition) is 1. The van der Waals surface area contributed by atoms with Gasteiger partial charge in [-0.15, -0.1) is 0 Å². The fourth-order valence-electron chi connectivity index (χ4n) is 0.506. The Morgan fingerprint density at radius 1 is 1.70 bits per heavy atom. The van der Waals surface area contributed by atoms with Gasteiger partial charge in [0.1, 0.15) is 0 Å². The first kappa shape index (κ1) is 7.53. The Hall–Kier alpha value is -0.580. The lowest BCUT2D eigenvalue weighted by atomic mass is 10.4. The molecule has 0 atom stereocenters. The summed E-state index contributed by atoms with van der Waals surface area (Å²) in [7, 11) is 0. The third-order valence-electron chi connectivity index (χ3n) is 0.954. The van der Waals surface area contributed by atoms with Crippen molar-refractivity contribution in [3.05, 3.63) is 17.5 Å². The zero-order chi connectivity index (χ0) is 7.56. The minimum atomic E-state index is -2.58. The van der Waals surface area contributed by atoms with Gasteiger partial charge in [-0.05, 0) is 0 Å². The monoisotopic (exact) mass is 165 g/mol. The van der Waals surface area contributed by atoms with Gasteiger partial charge in [-0.1, -0.05) is 5.16 Å². The van der Waals surface area contributed by atoms with Crippen molar-refractivity contribution < 1.29 is 13.3 Å². The van der Waals surface area contributed by atoms with Crippen LogP contribution in [0.1, 0.15) is 17.9 Å². The van der Waals surface area contributed by atoms with Crippen molar-refractivity contribution in [1.29, 1.82) is 0 Å². The third-order valence-corrected chi connectivity index (χ3v) is 1.28. The lowest BCUT2D eigenvalue weighted by molar-refractivity contribution is 0.112. The van der Waals surface area contributed by atoms with E-state index in [0.717, 1.165) is 0 Å². The molecule has 0 radical (unpaired) electrons. The zero-order valence-electron chi connectivity index (χ0n) is 4.92. The van der Waals surface area contributed by atoms with Crippen LogP contribution < -0.4 is 0 Å². The minimum absolute atomic E-state index is 0.316. The summed E-state index contributed by atoms with van der Waals surface area (Å²) in [6.07, 6.45) is -2.58. The number of alkyl halides is 2. The number of aromatic nitrogens is 1. The van der Waals surface area contributed by atoms with Crippen LogP contribution in [0.2, 0.25) is 0 Å². The molecule has 0 aliphatic rings. The van der Waals surface area contributed by atoms with Crippen molar-refractivity contribution in [3.8, 4) is 0 Å². The number of hydrogen-bond acceptors (Lipinski definition) is 3. The summed E-state index contributed by atoms with van der Waals surface area (Å²) in [5.74, 6) is -0.0833. The van der Waals surface area contributed by atoms with E-state index in [1.165, 1.54) is 6.07 Å². The Balaban J connectivity index is 2.78. The highest BCUT2D eigenvalue weighted by Crippen LogP contribution is 2.19. The Morgan fingerprint density at radius 2 is 2.40 bits per heavy atom. The number of nitrogens with zero attached hydrogens (tertiary/aromatic N) is 1. The Kier molecular flexibility index (Phi) is 2.26. The topological polar surface area (TPSA) is 26.0 Å². The van der Waals surface area contributed by atoms with E-state index in [0.29, 0.717) is 11.4 Å². The molecule has 0 saturated heterocycles. The van der Waals surface area contributed by atoms with Crippen molar-refractivity contribution in [2.75, 3.05) is 0 Å². The van der Waals surface area contributed by atoms with Gasteiger partial charge in [-0.2, -0.15) is 12.6 Å². The normalized spacial score (nSPS) is 10.8.